The van der Waals surface area contributed by atoms with Crippen molar-refractivity contribution in [3.63, 3.8) is 0 Å². The van der Waals surface area contributed by atoms with Gasteiger partial charge in [-0.3, -0.25) is 4.79 Å². The number of hydrogen-bond acceptors (Lipinski definition) is 6. The van der Waals surface area contributed by atoms with Gasteiger partial charge in [0.25, 0.3) is 0 Å². The average molecular weight is 387 g/mol. The molecule has 1 amide bonds. The number of ether oxygens (including phenoxy) is 1. The van der Waals surface area contributed by atoms with E-state index in [4.69, 9.17) is 4.74 Å². The van der Waals surface area contributed by atoms with Gasteiger partial charge in [0.1, 0.15) is 0 Å². The van der Waals surface area contributed by atoms with Crippen molar-refractivity contribution in [1.29, 1.82) is 0 Å². The van der Waals surface area contributed by atoms with Crippen molar-refractivity contribution in [1.82, 2.24) is 14.9 Å². The standard InChI is InChI=1S/C20H26N4O2S/c1-15-12-16(2)22-20(21-15)27-14-19(25)23(3)13-17-4-6-18(7-5-17)24-8-10-26-11-9-24/h4-7,12H,8-11,13-14H2,1-3H3. The highest BCUT2D eigenvalue weighted by Crippen LogP contribution is 2.18. The summed E-state index contributed by atoms with van der Waals surface area (Å²) in [4.78, 5) is 25.2. The molecule has 2 aromatic rings. The molecular weight excluding hydrogens is 360 g/mol. The molecule has 7 heteroatoms. The molecule has 0 aliphatic carbocycles. The molecule has 1 aromatic heterocycles. The van der Waals surface area contributed by atoms with Gasteiger partial charge in [0.05, 0.1) is 19.0 Å². The van der Waals surface area contributed by atoms with E-state index in [1.54, 1.807) is 4.90 Å². The number of aromatic nitrogens is 2. The monoisotopic (exact) mass is 386 g/mol. The summed E-state index contributed by atoms with van der Waals surface area (Å²) >= 11 is 1.39. The van der Waals surface area contributed by atoms with Gasteiger partial charge in [-0.2, -0.15) is 0 Å². The summed E-state index contributed by atoms with van der Waals surface area (Å²) in [5.41, 5.74) is 4.17. The van der Waals surface area contributed by atoms with Gasteiger partial charge in [0.15, 0.2) is 5.16 Å². The van der Waals surface area contributed by atoms with Crippen LogP contribution in [0.2, 0.25) is 0 Å². The topological polar surface area (TPSA) is 58.6 Å². The number of aryl methyl sites for hydroxylation is 2. The fraction of sp³-hybridized carbons (Fsp3) is 0.450. The van der Waals surface area contributed by atoms with Crippen LogP contribution in [0.4, 0.5) is 5.69 Å². The number of carbonyl (C=O) groups excluding carboxylic acids is 1. The molecule has 1 aromatic carbocycles. The second-order valence-electron chi connectivity index (χ2n) is 6.74. The number of anilines is 1. The summed E-state index contributed by atoms with van der Waals surface area (Å²) < 4.78 is 5.40. The lowest BCUT2D eigenvalue weighted by molar-refractivity contribution is -0.127. The van der Waals surface area contributed by atoms with Gasteiger partial charge in [-0.1, -0.05) is 23.9 Å². The Morgan fingerprint density at radius 3 is 2.41 bits per heavy atom. The summed E-state index contributed by atoms with van der Waals surface area (Å²) in [6.45, 7) is 7.88. The smallest absolute Gasteiger partial charge is 0.233 e. The molecule has 0 unspecified atom stereocenters. The zero-order chi connectivity index (χ0) is 19.2. The summed E-state index contributed by atoms with van der Waals surface area (Å²) in [6, 6.07) is 10.4. The van der Waals surface area contributed by atoms with Crippen LogP contribution in [0.25, 0.3) is 0 Å². The van der Waals surface area contributed by atoms with Crippen LogP contribution < -0.4 is 4.90 Å². The second-order valence-corrected chi connectivity index (χ2v) is 7.68. The molecule has 1 aliphatic rings. The quantitative estimate of drug-likeness (QED) is 0.562. The Morgan fingerprint density at radius 1 is 1.15 bits per heavy atom. The zero-order valence-electron chi connectivity index (χ0n) is 16.1. The third-order valence-electron chi connectivity index (χ3n) is 4.44. The van der Waals surface area contributed by atoms with E-state index in [1.165, 1.54) is 17.4 Å². The van der Waals surface area contributed by atoms with Crippen LogP contribution in [-0.2, 0) is 16.1 Å². The van der Waals surface area contributed by atoms with Gasteiger partial charge >= 0.3 is 0 Å². The Bertz CT molecular complexity index is 756. The van der Waals surface area contributed by atoms with Crippen molar-refractivity contribution in [2.75, 3.05) is 44.0 Å². The fourth-order valence-corrected chi connectivity index (χ4v) is 3.88. The number of thioether (sulfide) groups is 1. The maximum atomic E-state index is 12.4. The minimum Gasteiger partial charge on any atom is -0.378 e. The molecule has 0 radical (unpaired) electrons. The van der Waals surface area contributed by atoms with Crippen LogP contribution in [0, 0.1) is 13.8 Å². The Balaban J connectivity index is 1.51. The molecule has 144 valence electrons. The molecule has 1 fully saturated rings. The summed E-state index contributed by atoms with van der Waals surface area (Å²) in [5.74, 6) is 0.408. The van der Waals surface area contributed by atoms with Gasteiger partial charge in [0, 0.05) is 43.8 Å². The Hall–Kier alpha value is -2.12. The van der Waals surface area contributed by atoms with E-state index < -0.39 is 0 Å². The normalized spacial score (nSPS) is 14.3. The Labute approximate surface area is 164 Å². The van der Waals surface area contributed by atoms with Crippen molar-refractivity contribution in [2.24, 2.45) is 0 Å². The highest BCUT2D eigenvalue weighted by Gasteiger charge is 2.13. The molecule has 0 saturated carbocycles. The predicted molar refractivity (Wildman–Crippen MR) is 108 cm³/mol. The van der Waals surface area contributed by atoms with Crippen molar-refractivity contribution in [3.05, 3.63) is 47.3 Å². The van der Waals surface area contributed by atoms with E-state index in [9.17, 15) is 4.79 Å². The van der Waals surface area contributed by atoms with Crippen molar-refractivity contribution >= 4 is 23.4 Å². The number of rotatable bonds is 6. The molecule has 3 rings (SSSR count). The van der Waals surface area contributed by atoms with Crippen LogP contribution in [0.15, 0.2) is 35.5 Å². The van der Waals surface area contributed by atoms with Crippen LogP contribution in [0.5, 0.6) is 0 Å². The summed E-state index contributed by atoms with van der Waals surface area (Å²) in [7, 11) is 1.83. The first-order valence-electron chi connectivity index (χ1n) is 9.12. The second kappa shape index (κ2) is 9.19. The molecule has 2 heterocycles. The van der Waals surface area contributed by atoms with E-state index in [0.29, 0.717) is 17.5 Å². The number of hydrogen-bond donors (Lipinski definition) is 0. The van der Waals surface area contributed by atoms with Crippen LogP contribution in [-0.4, -0.2) is 59.9 Å². The zero-order valence-corrected chi connectivity index (χ0v) is 17.0. The highest BCUT2D eigenvalue weighted by molar-refractivity contribution is 7.99. The molecule has 27 heavy (non-hydrogen) atoms. The SMILES string of the molecule is Cc1cc(C)nc(SCC(=O)N(C)Cc2ccc(N3CCOCC3)cc2)n1. The minimum absolute atomic E-state index is 0.0695. The molecule has 6 nitrogen and oxygen atoms in total. The maximum Gasteiger partial charge on any atom is 0.233 e. The first-order valence-corrected chi connectivity index (χ1v) is 10.1. The Morgan fingerprint density at radius 2 is 1.78 bits per heavy atom. The summed E-state index contributed by atoms with van der Waals surface area (Å²) in [6.07, 6.45) is 0. The minimum atomic E-state index is 0.0695. The first kappa shape index (κ1) is 19.6. The molecule has 1 aliphatic heterocycles. The lowest BCUT2D eigenvalue weighted by Crippen LogP contribution is -2.36. The number of benzene rings is 1. The number of morpholine rings is 1. The molecule has 0 N–H and O–H groups in total. The van der Waals surface area contributed by atoms with Crippen molar-refractivity contribution in [2.45, 2.75) is 25.5 Å². The van der Waals surface area contributed by atoms with E-state index in [1.807, 2.05) is 27.0 Å². The average Bonchev–Trinajstić information content (AvgIpc) is 2.66. The Kier molecular flexibility index (Phi) is 6.68. The highest BCUT2D eigenvalue weighted by atomic mass is 32.2. The third-order valence-corrected chi connectivity index (χ3v) is 5.28. The van der Waals surface area contributed by atoms with Crippen LogP contribution in [0.3, 0.4) is 0 Å². The molecule has 0 bridgehead atoms. The number of amides is 1. The van der Waals surface area contributed by atoms with Gasteiger partial charge in [-0.05, 0) is 37.6 Å². The molecule has 0 spiro atoms. The summed E-state index contributed by atoms with van der Waals surface area (Å²) in [5, 5.41) is 0.657. The van der Waals surface area contributed by atoms with E-state index >= 15 is 0 Å². The van der Waals surface area contributed by atoms with Gasteiger partial charge in [-0.25, -0.2) is 9.97 Å². The van der Waals surface area contributed by atoms with Crippen molar-refractivity contribution < 1.29 is 9.53 Å². The van der Waals surface area contributed by atoms with Crippen LogP contribution in [0.1, 0.15) is 17.0 Å². The van der Waals surface area contributed by atoms with Crippen molar-refractivity contribution in [3.8, 4) is 0 Å². The van der Waals surface area contributed by atoms with Gasteiger partial charge in [-0.15, -0.1) is 0 Å². The molecule has 0 atom stereocenters. The van der Waals surface area contributed by atoms with Gasteiger partial charge < -0.3 is 14.5 Å². The first-order chi connectivity index (χ1) is 13.0. The molecule has 1 saturated heterocycles. The molecular formula is C20H26N4O2S. The lowest BCUT2D eigenvalue weighted by atomic mass is 10.2. The maximum absolute atomic E-state index is 12.4. The largest absolute Gasteiger partial charge is 0.378 e. The number of carbonyl (C=O) groups is 1. The third kappa shape index (κ3) is 5.68. The predicted octanol–water partition coefficient (Wildman–Crippen LogP) is 2.68. The van der Waals surface area contributed by atoms with E-state index in [0.717, 1.165) is 43.3 Å². The van der Waals surface area contributed by atoms with Gasteiger partial charge in [0.2, 0.25) is 5.91 Å². The van der Waals surface area contributed by atoms with Crippen LogP contribution >= 0.6 is 11.8 Å². The van der Waals surface area contributed by atoms with E-state index in [-0.39, 0.29) is 5.91 Å². The van der Waals surface area contributed by atoms with E-state index in [2.05, 4.69) is 39.1 Å². The number of nitrogens with zero attached hydrogens (tertiary/aromatic N) is 4. The fourth-order valence-electron chi connectivity index (χ4n) is 2.99. The lowest BCUT2D eigenvalue weighted by Gasteiger charge is -2.29.